The van der Waals surface area contributed by atoms with Crippen LogP contribution in [-0.2, 0) is 0 Å². The minimum absolute atomic E-state index is 0.981. The summed E-state index contributed by atoms with van der Waals surface area (Å²) in [7, 11) is 0. The number of nitrogens with one attached hydrogen (secondary N) is 1. The van der Waals surface area contributed by atoms with Crippen LogP contribution in [0.15, 0.2) is 35.5 Å². The molecule has 0 aromatic heterocycles. The molecule has 1 heterocycles. The zero-order valence-corrected chi connectivity index (χ0v) is 7.98. The second kappa shape index (κ2) is 4.27. The SMILES string of the molecule is C=C1CCNC/C1=C(C)/C=C\C. The van der Waals surface area contributed by atoms with Crippen LogP contribution in [0, 0.1) is 0 Å². The molecule has 1 nitrogen and oxygen atoms in total. The number of hydrogen-bond donors (Lipinski definition) is 1. The predicted molar refractivity (Wildman–Crippen MR) is 54.1 cm³/mol. The monoisotopic (exact) mass is 163 g/mol. The van der Waals surface area contributed by atoms with Gasteiger partial charge in [-0.2, -0.15) is 0 Å². The molecule has 0 aromatic rings. The molecule has 1 N–H and O–H groups in total. The van der Waals surface area contributed by atoms with E-state index in [-0.39, 0.29) is 0 Å². The van der Waals surface area contributed by atoms with Crippen LogP contribution in [0.3, 0.4) is 0 Å². The molecule has 12 heavy (non-hydrogen) atoms. The Morgan fingerprint density at radius 3 is 2.92 bits per heavy atom. The third kappa shape index (κ3) is 2.08. The molecule has 1 rings (SSSR count). The highest BCUT2D eigenvalue weighted by atomic mass is 14.9. The van der Waals surface area contributed by atoms with Crippen LogP contribution in [0.4, 0.5) is 0 Å². The molecule has 1 heteroatoms. The summed E-state index contributed by atoms with van der Waals surface area (Å²) in [6, 6.07) is 0. The first-order chi connectivity index (χ1) is 5.75. The van der Waals surface area contributed by atoms with Crippen molar-refractivity contribution in [2.75, 3.05) is 13.1 Å². The molecule has 0 saturated carbocycles. The predicted octanol–water partition coefficient (Wildman–Crippen LogP) is 2.43. The average Bonchev–Trinajstić information content (AvgIpc) is 2.05. The highest BCUT2D eigenvalue weighted by molar-refractivity contribution is 5.39. The summed E-state index contributed by atoms with van der Waals surface area (Å²) in [5.41, 5.74) is 4.03. The topological polar surface area (TPSA) is 12.0 Å². The fraction of sp³-hybridized carbons (Fsp3) is 0.455. The summed E-state index contributed by atoms with van der Waals surface area (Å²) in [6.45, 7) is 10.3. The minimum atomic E-state index is 0.981. The Bertz CT molecular complexity index is 233. The highest BCUT2D eigenvalue weighted by Gasteiger charge is 2.09. The summed E-state index contributed by atoms with van der Waals surface area (Å²) in [4.78, 5) is 0. The van der Waals surface area contributed by atoms with Crippen LogP contribution in [-0.4, -0.2) is 13.1 Å². The van der Waals surface area contributed by atoms with Gasteiger partial charge in [-0.15, -0.1) is 0 Å². The van der Waals surface area contributed by atoms with Gasteiger partial charge in [0.25, 0.3) is 0 Å². The van der Waals surface area contributed by atoms with Crippen LogP contribution < -0.4 is 5.32 Å². The van der Waals surface area contributed by atoms with E-state index in [0.717, 1.165) is 19.5 Å². The van der Waals surface area contributed by atoms with E-state index in [1.807, 2.05) is 6.92 Å². The average molecular weight is 163 g/mol. The second-order valence-corrected chi connectivity index (χ2v) is 3.19. The van der Waals surface area contributed by atoms with E-state index in [0.29, 0.717) is 0 Å². The maximum atomic E-state index is 4.07. The normalized spacial score (nSPS) is 23.3. The van der Waals surface area contributed by atoms with Gasteiger partial charge < -0.3 is 5.32 Å². The van der Waals surface area contributed by atoms with Crippen LogP contribution in [0.1, 0.15) is 20.3 Å². The molecule has 1 aliphatic heterocycles. The molecular weight excluding hydrogens is 146 g/mol. The van der Waals surface area contributed by atoms with Gasteiger partial charge in [0.15, 0.2) is 0 Å². The molecule has 1 aliphatic rings. The molecular formula is C11H17N. The minimum Gasteiger partial charge on any atom is -0.312 e. The van der Waals surface area contributed by atoms with E-state index in [4.69, 9.17) is 0 Å². The molecule has 0 unspecified atom stereocenters. The van der Waals surface area contributed by atoms with Gasteiger partial charge in [-0.3, -0.25) is 0 Å². The first kappa shape index (κ1) is 9.27. The van der Waals surface area contributed by atoms with Gasteiger partial charge in [0.05, 0.1) is 0 Å². The fourth-order valence-corrected chi connectivity index (χ4v) is 1.50. The molecule has 0 aliphatic carbocycles. The first-order valence-electron chi connectivity index (χ1n) is 4.47. The Kier molecular flexibility index (Phi) is 3.30. The first-order valence-corrected chi connectivity index (χ1v) is 4.47. The van der Waals surface area contributed by atoms with Crippen molar-refractivity contribution in [3.8, 4) is 0 Å². The molecule has 0 atom stereocenters. The summed E-state index contributed by atoms with van der Waals surface area (Å²) >= 11 is 0. The molecule has 0 radical (unpaired) electrons. The third-order valence-electron chi connectivity index (χ3n) is 2.22. The number of piperidine rings is 1. The van der Waals surface area contributed by atoms with Crippen LogP contribution in [0.25, 0.3) is 0 Å². The second-order valence-electron chi connectivity index (χ2n) is 3.19. The van der Waals surface area contributed by atoms with Crippen molar-refractivity contribution in [2.45, 2.75) is 20.3 Å². The van der Waals surface area contributed by atoms with Crippen molar-refractivity contribution in [3.63, 3.8) is 0 Å². The lowest BCUT2D eigenvalue weighted by Crippen LogP contribution is -2.25. The Labute approximate surface area is 74.9 Å². The molecule has 0 aromatic carbocycles. The van der Waals surface area contributed by atoms with E-state index in [1.54, 1.807) is 0 Å². The Balaban J connectivity index is 2.82. The lowest BCUT2D eigenvalue weighted by Gasteiger charge is -2.19. The summed E-state index contributed by atoms with van der Waals surface area (Å²) in [5, 5.41) is 3.35. The Morgan fingerprint density at radius 2 is 2.33 bits per heavy atom. The quantitative estimate of drug-likeness (QED) is 0.626. The zero-order chi connectivity index (χ0) is 8.97. The van der Waals surface area contributed by atoms with E-state index in [9.17, 15) is 0 Å². The maximum Gasteiger partial charge on any atom is 0.0210 e. The van der Waals surface area contributed by atoms with Crippen molar-refractivity contribution in [1.82, 2.24) is 5.32 Å². The van der Waals surface area contributed by atoms with Crippen LogP contribution in [0.2, 0.25) is 0 Å². The summed E-state index contributed by atoms with van der Waals surface area (Å²) in [5.74, 6) is 0. The van der Waals surface area contributed by atoms with E-state index in [1.165, 1.54) is 16.7 Å². The van der Waals surface area contributed by atoms with Gasteiger partial charge in [-0.25, -0.2) is 0 Å². The fourth-order valence-electron chi connectivity index (χ4n) is 1.50. The molecule has 66 valence electrons. The van der Waals surface area contributed by atoms with Crippen molar-refractivity contribution < 1.29 is 0 Å². The molecule has 1 fully saturated rings. The summed E-state index contributed by atoms with van der Waals surface area (Å²) < 4.78 is 0. The maximum absolute atomic E-state index is 4.07. The van der Waals surface area contributed by atoms with Gasteiger partial charge in [0.1, 0.15) is 0 Å². The Hall–Kier alpha value is -0.820. The lowest BCUT2D eigenvalue weighted by molar-refractivity contribution is 0.681. The largest absolute Gasteiger partial charge is 0.312 e. The third-order valence-corrected chi connectivity index (χ3v) is 2.22. The molecule has 0 amide bonds. The van der Waals surface area contributed by atoms with Gasteiger partial charge in [-0.1, -0.05) is 18.7 Å². The van der Waals surface area contributed by atoms with E-state index in [2.05, 4.69) is 31.0 Å². The number of rotatable bonds is 1. The van der Waals surface area contributed by atoms with Crippen molar-refractivity contribution >= 4 is 0 Å². The van der Waals surface area contributed by atoms with Gasteiger partial charge in [0, 0.05) is 6.54 Å². The zero-order valence-electron chi connectivity index (χ0n) is 7.98. The van der Waals surface area contributed by atoms with Crippen LogP contribution in [0.5, 0.6) is 0 Å². The molecule has 0 spiro atoms. The standard InChI is InChI=1S/C11H17N/c1-4-5-9(2)11-8-12-7-6-10(11)3/h4-5,12H,3,6-8H2,1-2H3/b5-4-,11-9-. The number of hydrogen-bond acceptors (Lipinski definition) is 1. The molecule has 1 saturated heterocycles. The number of allylic oxidation sites excluding steroid dienone is 3. The van der Waals surface area contributed by atoms with Crippen molar-refractivity contribution in [2.24, 2.45) is 0 Å². The molecule has 0 bridgehead atoms. The van der Waals surface area contributed by atoms with Gasteiger partial charge >= 0.3 is 0 Å². The highest BCUT2D eigenvalue weighted by Crippen LogP contribution is 2.19. The van der Waals surface area contributed by atoms with E-state index < -0.39 is 0 Å². The van der Waals surface area contributed by atoms with Crippen LogP contribution >= 0.6 is 0 Å². The van der Waals surface area contributed by atoms with Gasteiger partial charge in [0.2, 0.25) is 0 Å². The lowest BCUT2D eigenvalue weighted by atomic mass is 9.96. The Morgan fingerprint density at radius 1 is 1.58 bits per heavy atom. The van der Waals surface area contributed by atoms with Gasteiger partial charge in [-0.05, 0) is 43.5 Å². The van der Waals surface area contributed by atoms with Crippen molar-refractivity contribution in [1.29, 1.82) is 0 Å². The summed E-state index contributed by atoms with van der Waals surface area (Å²) in [6.07, 6.45) is 5.31. The smallest absolute Gasteiger partial charge is 0.0210 e. The van der Waals surface area contributed by atoms with E-state index >= 15 is 0 Å². The van der Waals surface area contributed by atoms with Crippen molar-refractivity contribution in [3.05, 3.63) is 35.5 Å².